The Kier molecular flexibility index (Phi) is 2.62. The lowest BCUT2D eigenvalue weighted by Gasteiger charge is -1.85. The number of aryl methyl sites for hydroxylation is 2. The molecule has 0 aliphatic heterocycles. The summed E-state index contributed by atoms with van der Waals surface area (Å²) in [6, 6.07) is 1.76. The molecule has 0 atom stereocenters. The minimum Gasteiger partial charge on any atom is -0.419 e. The van der Waals surface area contributed by atoms with Crippen molar-refractivity contribution in [2.75, 3.05) is 5.33 Å². The highest BCUT2D eigenvalue weighted by Gasteiger charge is 2.11. The van der Waals surface area contributed by atoms with Gasteiger partial charge in [0.2, 0.25) is 5.89 Å². The number of hydrogen-bond donors (Lipinski definition) is 0. The maximum atomic E-state index is 5.35. The molecule has 0 amide bonds. The molecule has 0 saturated carbocycles. The first-order chi connectivity index (χ1) is 6.79. The van der Waals surface area contributed by atoms with Crippen molar-refractivity contribution in [1.29, 1.82) is 0 Å². The molecular formula is C8H8BrN3O2. The third-order valence-corrected chi connectivity index (χ3v) is 2.02. The molecule has 6 heteroatoms. The van der Waals surface area contributed by atoms with E-state index in [1.165, 1.54) is 0 Å². The fourth-order valence-corrected chi connectivity index (χ4v) is 1.35. The van der Waals surface area contributed by atoms with Crippen LogP contribution in [-0.4, -0.2) is 20.7 Å². The summed E-state index contributed by atoms with van der Waals surface area (Å²) < 4.78 is 10.2. The number of hydrogen-bond acceptors (Lipinski definition) is 5. The predicted octanol–water partition coefficient (Wildman–Crippen LogP) is 1.97. The van der Waals surface area contributed by atoms with Gasteiger partial charge in [-0.1, -0.05) is 21.1 Å². The highest BCUT2D eigenvalue weighted by molar-refractivity contribution is 9.09. The predicted molar refractivity (Wildman–Crippen MR) is 52.0 cm³/mol. The van der Waals surface area contributed by atoms with Gasteiger partial charge in [-0.15, -0.1) is 10.2 Å². The zero-order valence-electron chi connectivity index (χ0n) is 7.53. The summed E-state index contributed by atoms with van der Waals surface area (Å²) in [5.74, 6) is 1.72. The van der Waals surface area contributed by atoms with Crippen LogP contribution >= 0.6 is 15.9 Å². The second-order valence-corrected chi connectivity index (χ2v) is 3.56. The summed E-state index contributed by atoms with van der Waals surface area (Å²) >= 11 is 3.29. The molecule has 0 bridgehead atoms. The van der Waals surface area contributed by atoms with Crippen LogP contribution in [0.5, 0.6) is 0 Å². The van der Waals surface area contributed by atoms with Crippen molar-refractivity contribution in [2.24, 2.45) is 0 Å². The smallest absolute Gasteiger partial charge is 0.269 e. The molecule has 0 unspecified atom stereocenters. The van der Waals surface area contributed by atoms with Crippen LogP contribution in [0.3, 0.4) is 0 Å². The fourth-order valence-electron chi connectivity index (χ4n) is 1.01. The minimum atomic E-state index is 0.401. The van der Waals surface area contributed by atoms with E-state index in [1.54, 1.807) is 6.07 Å². The lowest BCUT2D eigenvalue weighted by Crippen LogP contribution is -1.83. The minimum absolute atomic E-state index is 0.401. The molecule has 0 aliphatic carbocycles. The molecular weight excluding hydrogens is 250 g/mol. The summed E-state index contributed by atoms with van der Waals surface area (Å²) in [6.45, 7) is 1.81. The van der Waals surface area contributed by atoms with Gasteiger partial charge in [-0.25, -0.2) is 0 Å². The van der Waals surface area contributed by atoms with Crippen molar-refractivity contribution in [2.45, 2.75) is 13.3 Å². The molecule has 5 nitrogen and oxygen atoms in total. The Morgan fingerprint density at radius 3 is 2.93 bits per heavy atom. The van der Waals surface area contributed by atoms with Gasteiger partial charge in [-0.3, -0.25) is 0 Å². The van der Waals surface area contributed by atoms with Gasteiger partial charge in [-0.2, -0.15) is 0 Å². The second kappa shape index (κ2) is 3.91. The van der Waals surface area contributed by atoms with Gasteiger partial charge >= 0.3 is 0 Å². The van der Waals surface area contributed by atoms with Crippen molar-refractivity contribution in [3.05, 3.63) is 17.7 Å². The number of nitrogens with zero attached hydrogens (tertiary/aromatic N) is 3. The molecule has 0 aliphatic rings. The maximum Gasteiger partial charge on any atom is 0.269 e. The van der Waals surface area contributed by atoms with E-state index in [4.69, 9.17) is 8.94 Å². The normalized spacial score (nSPS) is 10.7. The molecule has 14 heavy (non-hydrogen) atoms. The molecule has 2 aromatic rings. The van der Waals surface area contributed by atoms with E-state index in [0.29, 0.717) is 23.9 Å². The van der Waals surface area contributed by atoms with Gasteiger partial charge in [0.05, 0.1) is 0 Å². The topological polar surface area (TPSA) is 65.0 Å². The lowest BCUT2D eigenvalue weighted by atomic mass is 10.4. The quantitative estimate of drug-likeness (QED) is 0.787. The van der Waals surface area contributed by atoms with Crippen LogP contribution in [0.15, 0.2) is 15.0 Å². The third kappa shape index (κ3) is 1.84. The zero-order valence-corrected chi connectivity index (χ0v) is 9.11. The van der Waals surface area contributed by atoms with Crippen molar-refractivity contribution in [1.82, 2.24) is 15.4 Å². The van der Waals surface area contributed by atoms with Gasteiger partial charge in [-0.05, 0) is 6.92 Å². The molecule has 2 heterocycles. The molecule has 0 N–H and O–H groups in total. The van der Waals surface area contributed by atoms with Crippen LogP contribution in [-0.2, 0) is 6.42 Å². The molecule has 0 spiro atoms. The number of alkyl halides is 1. The monoisotopic (exact) mass is 257 g/mol. The Morgan fingerprint density at radius 1 is 1.43 bits per heavy atom. The Balaban J connectivity index is 2.24. The summed E-state index contributed by atoms with van der Waals surface area (Å²) in [7, 11) is 0. The van der Waals surface area contributed by atoms with Gasteiger partial charge in [0.25, 0.3) is 5.89 Å². The highest BCUT2D eigenvalue weighted by Crippen LogP contribution is 2.17. The zero-order chi connectivity index (χ0) is 9.97. The standard InChI is InChI=1S/C8H8BrN3O2/c1-5-4-6(12-14-5)8-11-10-7(13-8)2-3-9/h4H,2-3H2,1H3. The first kappa shape index (κ1) is 9.39. The van der Waals surface area contributed by atoms with Gasteiger partial charge in [0.15, 0.2) is 5.69 Å². The molecule has 2 rings (SSSR count). The average Bonchev–Trinajstić information content (AvgIpc) is 2.74. The fraction of sp³-hybridized carbons (Fsp3) is 0.375. The van der Waals surface area contributed by atoms with E-state index < -0.39 is 0 Å². The van der Waals surface area contributed by atoms with Crippen LogP contribution < -0.4 is 0 Å². The second-order valence-electron chi connectivity index (χ2n) is 2.76. The SMILES string of the molecule is Cc1cc(-c2nnc(CCBr)o2)no1. The van der Waals surface area contributed by atoms with Crippen molar-refractivity contribution >= 4 is 15.9 Å². The molecule has 0 fully saturated rings. The maximum absolute atomic E-state index is 5.35. The Bertz CT molecular complexity index is 424. The van der Waals surface area contributed by atoms with E-state index in [9.17, 15) is 0 Å². The summed E-state index contributed by atoms with van der Waals surface area (Å²) in [5, 5.41) is 12.3. The first-order valence-electron chi connectivity index (χ1n) is 4.11. The van der Waals surface area contributed by atoms with E-state index >= 15 is 0 Å². The average molecular weight is 258 g/mol. The van der Waals surface area contributed by atoms with Gasteiger partial charge < -0.3 is 8.94 Å². The Morgan fingerprint density at radius 2 is 2.29 bits per heavy atom. The number of aromatic nitrogens is 3. The van der Waals surface area contributed by atoms with E-state index in [1.807, 2.05) is 6.92 Å². The summed E-state index contributed by atoms with van der Waals surface area (Å²) in [4.78, 5) is 0. The molecule has 0 aromatic carbocycles. The van der Waals surface area contributed by atoms with Crippen LogP contribution in [0, 0.1) is 6.92 Å². The first-order valence-corrected chi connectivity index (χ1v) is 5.24. The van der Waals surface area contributed by atoms with Gasteiger partial charge in [0.1, 0.15) is 5.76 Å². The molecule has 0 saturated heterocycles. The Hall–Kier alpha value is -1.17. The van der Waals surface area contributed by atoms with Crippen molar-refractivity contribution in [3.8, 4) is 11.6 Å². The molecule has 0 radical (unpaired) electrons. The van der Waals surface area contributed by atoms with Gasteiger partial charge in [0, 0.05) is 17.8 Å². The van der Waals surface area contributed by atoms with E-state index in [0.717, 1.165) is 11.1 Å². The van der Waals surface area contributed by atoms with Crippen molar-refractivity contribution < 1.29 is 8.94 Å². The van der Waals surface area contributed by atoms with Crippen LogP contribution in [0.4, 0.5) is 0 Å². The van der Waals surface area contributed by atoms with Crippen LogP contribution in [0.1, 0.15) is 11.7 Å². The van der Waals surface area contributed by atoms with Crippen LogP contribution in [0.25, 0.3) is 11.6 Å². The van der Waals surface area contributed by atoms with Crippen molar-refractivity contribution in [3.63, 3.8) is 0 Å². The Labute approximate surface area is 88.6 Å². The third-order valence-electron chi connectivity index (χ3n) is 1.62. The van der Waals surface area contributed by atoms with E-state index in [-0.39, 0.29) is 0 Å². The molecule has 2 aromatic heterocycles. The molecule has 74 valence electrons. The van der Waals surface area contributed by atoms with Crippen LogP contribution in [0.2, 0.25) is 0 Å². The highest BCUT2D eigenvalue weighted by atomic mass is 79.9. The number of rotatable bonds is 3. The largest absolute Gasteiger partial charge is 0.419 e. The summed E-state index contributed by atoms with van der Waals surface area (Å²) in [6.07, 6.45) is 0.712. The van der Waals surface area contributed by atoms with E-state index in [2.05, 4.69) is 31.3 Å². The summed E-state index contributed by atoms with van der Waals surface area (Å²) in [5.41, 5.74) is 0.579. The lowest BCUT2D eigenvalue weighted by molar-refractivity contribution is 0.396. The number of halogens is 1.